The van der Waals surface area contributed by atoms with Crippen molar-refractivity contribution in [2.24, 2.45) is 13.0 Å². The zero-order valence-electron chi connectivity index (χ0n) is 24.5. The van der Waals surface area contributed by atoms with Gasteiger partial charge in [0.25, 0.3) is 0 Å². The van der Waals surface area contributed by atoms with Crippen molar-refractivity contribution in [3.63, 3.8) is 0 Å². The SMILES string of the molecule is C=C(CC[C@]12O[C@H](c3nnn(C)n3)[C@@](O)(C(=O)OC)[C@](C(=O)OC)(O1)[C@H](O)[C@H]2O)[C@@H](OC(C)=O)[C@H](C)Cc1ccccc1. The molecule has 2 saturated heterocycles. The zero-order chi connectivity index (χ0) is 31.7. The van der Waals surface area contributed by atoms with Crippen LogP contribution in [0.3, 0.4) is 0 Å². The standard InChI is InChI=1S/C28H36N4O11/c1-15(19(41-17(3)33)16(2)14-18-10-8-7-9-11-18)12-13-26-20(34)21(35)28(43-26,25(37)40-6)27(38,24(36)39-5)22(42-26)23-29-31-32(4)30-23/h7-11,16,19-22,34-35,38H,1,12-14H2,2-6H3/t16-,19-,20-,21-,22-,26+,27-,28+/m1/s1. The predicted molar refractivity (Wildman–Crippen MR) is 143 cm³/mol. The molecule has 2 bridgehead atoms. The van der Waals surface area contributed by atoms with E-state index in [1.54, 1.807) is 0 Å². The summed E-state index contributed by atoms with van der Waals surface area (Å²) in [7, 11) is 3.29. The first-order chi connectivity index (χ1) is 20.3. The van der Waals surface area contributed by atoms with Gasteiger partial charge in [0.2, 0.25) is 17.0 Å². The largest absolute Gasteiger partial charge is 0.467 e. The van der Waals surface area contributed by atoms with Crippen LogP contribution < -0.4 is 0 Å². The molecule has 234 valence electrons. The van der Waals surface area contributed by atoms with Gasteiger partial charge < -0.3 is 39.0 Å². The highest BCUT2D eigenvalue weighted by atomic mass is 16.8. The Morgan fingerprint density at radius 2 is 1.77 bits per heavy atom. The fourth-order valence-corrected chi connectivity index (χ4v) is 5.87. The lowest BCUT2D eigenvalue weighted by Crippen LogP contribution is -2.74. The number of aryl methyl sites for hydroxylation is 1. The van der Waals surface area contributed by atoms with E-state index in [2.05, 4.69) is 22.0 Å². The van der Waals surface area contributed by atoms with Crippen molar-refractivity contribution in [3.8, 4) is 0 Å². The highest BCUT2D eigenvalue weighted by Crippen LogP contribution is 2.58. The number of carbonyl (C=O) groups excluding carboxylic acids is 3. The Hall–Kier alpha value is -3.76. The number of carbonyl (C=O) groups is 3. The third-order valence-electron chi connectivity index (χ3n) is 7.91. The molecule has 0 aliphatic carbocycles. The molecule has 2 fully saturated rings. The Morgan fingerprint density at radius 3 is 2.33 bits per heavy atom. The van der Waals surface area contributed by atoms with E-state index in [0.717, 1.165) is 24.6 Å². The second kappa shape index (κ2) is 12.1. The lowest BCUT2D eigenvalue weighted by Gasteiger charge is -2.50. The van der Waals surface area contributed by atoms with Crippen LogP contribution in [0.25, 0.3) is 0 Å². The van der Waals surface area contributed by atoms with Gasteiger partial charge in [-0.25, -0.2) is 9.59 Å². The van der Waals surface area contributed by atoms with Crippen LogP contribution in [0.1, 0.15) is 44.2 Å². The number of aromatic nitrogens is 4. The first kappa shape index (κ1) is 32.2. The number of fused-ring (bicyclic) bond motifs is 2. The molecule has 0 amide bonds. The Labute approximate surface area is 247 Å². The van der Waals surface area contributed by atoms with Gasteiger partial charge in [-0.05, 0) is 29.2 Å². The van der Waals surface area contributed by atoms with Gasteiger partial charge in [0.15, 0.2) is 11.9 Å². The van der Waals surface area contributed by atoms with Crippen molar-refractivity contribution in [2.45, 2.75) is 74.5 Å². The second-order valence-corrected chi connectivity index (χ2v) is 10.8. The van der Waals surface area contributed by atoms with Crippen molar-refractivity contribution in [1.82, 2.24) is 20.2 Å². The summed E-state index contributed by atoms with van der Waals surface area (Å²) in [5, 5.41) is 46.1. The van der Waals surface area contributed by atoms with Gasteiger partial charge in [0.1, 0.15) is 18.3 Å². The molecule has 2 aliphatic heterocycles. The fraction of sp³-hybridized carbons (Fsp3) is 0.571. The minimum atomic E-state index is -3.14. The molecule has 0 spiro atoms. The summed E-state index contributed by atoms with van der Waals surface area (Å²) in [5.41, 5.74) is -4.65. The van der Waals surface area contributed by atoms with Crippen LogP contribution in [0.4, 0.5) is 0 Å². The molecular formula is C28H36N4O11. The highest BCUT2D eigenvalue weighted by Gasteiger charge is 2.84. The van der Waals surface area contributed by atoms with Gasteiger partial charge >= 0.3 is 17.9 Å². The molecule has 1 aromatic carbocycles. The van der Waals surface area contributed by atoms with Crippen molar-refractivity contribution in [3.05, 3.63) is 53.9 Å². The van der Waals surface area contributed by atoms with E-state index in [1.807, 2.05) is 37.3 Å². The maximum atomic E-state index is 13.3. The summed E-state index contributed by atoms with van der Waals surface area (Å²) < 4.78 is 27.2. The summed E-state index contributed by atoms with van der Waals surface area (Å²) in [5.74, 6) is -6.20. The van der Waals surface area contributed by atoms with Crippen molar-refractivity contribution < 1.29 is 53.4 Å². The van der Waals surface area contributed by atoms with E-state index in [9.17, 15) is 29.7 Å². The van der Waals surface area contributed by atoms with Crippen LogP contribution in [0.2, 0.25) is 0 Å². The van der Waals surface area contributed by atoms with Gasteiger partial charge in [-0.1, -0.05) is 43.8 Å². The number of hydrogen-bond acceptors (Lipinski definition) is 14. The van der Waals surface area contributed by atoms with Crippen LogP contribution in [-0.2, 0) is 51.5 Å². The predicted octanol–water partition coefficient (Wildman–Crippen LogP) is -0.307. The minimum absolute atomic E-state index is 0.0185. The van der Waals surface area contributed by atoms with Crippen LogP contribution in [-0.4, -0.2) is 103 Å². The van der Waals surface area contributed by atoms with Crippen molar-refractivity contribution >= 4 is 17.9 Å². The molecule has 0 saturated carbocycles. The van der Waals surface area contributed by atoms with Crippen molar-refractivity contribution in [1.29, 1.82) is 0 Å². The van der Waals surface area contributed by atoms with E-state index >= 15 is 0 Å². The molecule has 0 unspecified atom stereocenters. The highest BCUT2D eigenvalue weighted by molar-refractivity contribution is 5.95. The van der Waals surface area contributed by atoms with E-state index in [0.29, 0.717) is 12.0 Å². The molecule has 8 atom stereocenters. The normalized spacial score (nSPS) is 31.1. The van der Waals surface area contributed by atoms with E-state index in [-0.39, 0.29) is 24.6 Å². The molecule has 2 aliphatic rings. The summed E-state index contributed by atoms with van der Waals surface area (Å²) in [6.45, 7) is 7.27. The number of esters is 3. The lowest BCUT2D eigenvalue weighted by atomic mass is 9.74. The Bertz CT molecular complexity index is 1370. The molecule has 43 heavy (non-hydrogen) atoms. The molecule has 2 aromatic rings. The first-order valence-electron chi connectivity index (χ1n) is 13.5. The van der Waals surface area contributed by atoms with E-state index in [4.69, 9.17) is 23.7 Å². The summed E-state index contributed by atoms with van der Waals surface area (Å²) >= 11 is 0. The number of aliphatic hydroxyl groups is 3. The molecule has 3 heterocycles. The molecule has 4 rings (SSSR count). The van der Waals surface area contributed by atoms with Crippen LogP contribution in [0.15, 0.2) is 42.5 Å². The van der Waals surface area contributed by atoms with Gasteiger partial charge in [-0.2, -0.15) is 4.80 Å². The smallest absolute Gasteiger partial charge is 0.345 e. The maximum Gasteiger partial charge on any atom is 0.345 e. The third-order valence-corrected chi connectivity index (χ3v) is 7.91. The molecule has 3 N–H and O–H groups in total. The van der Waals surface area contributed by atoms with Gasteiger partial charge in [-0.15, -0.1) is 10.2 Å². The van der Waals surface area contributed by atoms with E-state index in [1.165, 1.54) is 14.0 Å². The molecular weight excluding hydrogens is 568 g/mol. The molecule has 15 nitrogen and oxygen atoms in total. The second-order valence-electron chi connectivity index (χ2n) is 10.8. The number of hydrogen-bond donors (Lipinski definition) is 3. The fourth-order valence-electron chi connectivity index (χ4n) is 5.87. The molecule has 15 heteroatoms. The number of nitrogens with zero attached hydrogens (tertiary/aromatic N) is 4. The van der Waals surface area contributed by atoms with Gasteiger partial charge in [-0.3, -0.25) is 4.79 Å². The van der Waals surface area contributed by atoms with Crippen LogP contribution >= 0.6 is 0 Å². The minimum Gasteiger partial charge on any atom is -0.467 e. The van der Waals surface area contributed by atoms with Crippen LogP contribution in [0, 0.1) is 5.92 Å². The average Bonchev–Trinajstić information content (AvgIpc) is 3.50. The third kappa shape index (κ3) is 5.31. The summed E-state index contributed by atoms with van der Waals surface area (Å²) in [6, 6.07) is 9.57. The van der Waals surface area contributed by atoms with Gasteiger partial charge in [0, 0.05) is 19.3 Å². The number of benzene rings is 1. The monoisotopic (exact) mass is 604 g/mol. The number of aliphatic hydroxyl groups excluding tert-OH is 2. The van der Waals surface area contributed by atoms with Gasteiger partial charge in [0.05, 0.1) is 21.3 Å². The summed E-state index contributed by atoms with van der Waals surface area (Å²) in [4.78, 5) is 39.5. The Morgan fingerprint density at radius 1 is 1.12 bits per heavy atom. The quantitative estimate of drug-likeness (QED) is 0.171. The Kier molecular flexibility index (Phi) is 9.04. The number of methoxy groups -OCH3 is 2. The molecule has 1 aromatic heterocycles. The number of ether oxygens (including phenoxy) is 5. The number of rotatable bonds is 11. The molecule has 0 radical (unpaired) electrons. The number of tetrazole rings is 1. The first-order valence-corrected chi connectivity index (χ1v) is 13.5. The average molecular weight is 605 g/mol. The summed E-state index contributed by atoms with van der Waals surface area (Å²) in [6.07, 6.45) is -6.71. The maximum absolute atomic E-state index is 13.3. The zero-order valence-corrected chi connectivity index (χ0v) is 24.5. The van der Waals surface area contributed by atoms with Crippen LogP contribution in [0.5, 0.6) is 0 Å². The van der Waals surface area contributed by atoms with E-state index < -0.39 is 59.3 Å². The Balaban J connectivity index is 1.72. The topological polar surface area (TPSA) is 202 Å². The lowest BCUT2D eigenvalue weighted by molar-refractivity contribution is -0.384. The van der Waals surface area contributed by atoms with Crippen molar-refractivity contribution in [2.75, 3.05) is 14.2 Å².